The number of nitrogens with one attached hydrogen (secondary N) is 1. The van der Waals surface area contributed by atoms with Crippen LogP contribution in [0.5, 0.6) is 0 Å². The fourth-order valence-electron chi connectivity index (χ4n) is 3.74. The number of aromatic nitrogens is 2. The topological polar surface area (TPSA) is 37.8 Å². The van der Waals surface area contributed by atoms with Crippen LogP contribution >= 0.6 is 11.5 Å². The van der Waals surface area contributed by atoms with E-state index in [-0.39, 0.29) is 0 Å². The van der Waals surface area contributed by atoms with Crippen LogP contribution in [0.2, 0.25) is 0 Å². The number of rotatable bonds is 7. The Morgan fingerprint density at radius 1 is 1.24 bits per heavy atom. The zero-order chi connectivity index (χ0) is 15.2. The summed E-state index contributed by atoms with van der Waals surface area (Å²) in [7, 11) is 0. The monoisotopic (exact) mass is 309 g/mol. The number of hydrogen-bond acceptors (Lipinski definition) is 4. The van der Waals surface area contributed by atoms with Crippen LogP contribution in [0.4, 0.5) is 0 Å². The third-order valence-corrected chi connectivity index (χ3v) is 5.73. The lowest BCUT2D eigenvalue weighted by atomic mass is 9.73. The van der Waals surface area contributed by atoms with Crippen LogP contribution in [-0.4, -0.2) is 16.1 Å². The van der Waals surface area contributed by atoms with E-state index in [1.165, 1.54) is 49.1 Å². The summed E-state index contributed by atoms with van der Waals surface area (Å²) in [5.74, 6) is 2.08. The fourth-order valence-corrected chi connectivity index (χ4v) is 4.70. The van der Waals surface area contributed by atoms with Gasteiger partial charge in [-0.2, -0.15) is 0 Å². The van der Waals surface area contributed by atoms with Crippen molar-refractivity contribution in [2.45, 2.75) is 78.2 Å². The quantitative estimate of drug-likeness (QED) is 0.777. The first-order valence-corrected chi connectivity index (χ1v) is 9.51. The van der Waals surface area contributed by atoms with E-state index in [0.29, 0.717) is 12.0 Å². The molecule has 0 amide bonds. The van der Waals surface area contributed by atoms with Gasteiger partial charge in [0, 0.05) is 6.04 Å². The van der Waals surface area contributed by atoms with Gasteiger partial charge < -0.3 is 5.32 Å². The first-order valence-electron chi connectivity index (χ1n) is 8.74. The molecule has 3 unspecified atom stereocenters. The largest absolute Gasteiger partial charge is 0.309 e. The van der Waals surface area contributed by atoms with Gasteiger partial charge >= 0.3 is 0 Å². The van der Waals surface area contributed by atoms with Crippen LogP contribution in [0, 0.1) is 11.8 Å². The minimum Gasteiger partial charge on any atom is -0.309 e. The first-order chi connectivity index (χ1) is 10.2. The van der Waals surface area contributed by atoms with Crippen molar-refractivity contribution in [1.29, 1.82) is 0 Å². The zero-order valence-corrected chi connectivity index (χ0v) is 14.9. The van der Waals surface area contributed by atoms with Crippen molar-refractivity contribution >= 4 is 11.5 Å². The van der Waals surface area contributed by atoms with Crippen LogP contribution in [0.15, 0.2) is 0 Å². The van der Waals surface area contributed by atoms with E-state index in [1.807, 2.05) is 0 Å². The molecule has 0 spiro atoms. The summed E-state index contributed by atoms with van der Waals surface area (Å²) in [5, 5.41) is 8.25. The molecule has 2 rings (SSSR count). The molecule has 0 bridgehead atoms. The highest BCUT2D eigenvalue weighted by Crippen LogP contribution is 2.42. The highest BCUT2D eigenvalue weighted by atomic mass is 32.1. The van der Waals surface area contributed by atoms with E-state index in [4.69, 9.17) is 0 Å². The summed E-state index contributed by atoms with van der Waals surface area (Å²) in [4.78, 5) is 1.41. The molecule has 1 aliphatic carbocycles. The predicted octanol–water partition coefficient (Wildman–Crippen LogP) is 4.92. The third kappa shape index (κ3) is 4.04. The lowest BCUT2D eigenvalue weighted by Crippen LogP contribution is -2.35. The van der Waals surface area contributed by atoms with E-state index in [9.17, 15) is 0 Å². The van der Waals surface area contributed by atoms with Gasteiger partial charge in [0.05, 0.1) is 10.6 Å². The van der Waals surface area contributed by atoms with Crippen molar-refractivity contribution in [3.63, 3.8) is 0 Å². The minimum atomic E-state index is 0.465. The Morgan fingerprint density at radius 2 is 2.00 bits per heavy atom. The molecule has 1 fully saturated rings. The van der Waals surface area contributed by atoms with Gasteiger partial charge in [0.25, 0.3) is 0 Å². The molecule has 3 atom stereocenters. The highest BCUT2D eigenvalue weighted by Gasteiger charge is 2.34. The summed E-state index contributed by atoms with van der Waals surface area (Å²) in [5.41, 5.74) is 1.22. The van der Waals surface area contributed by atoms with Crippen LogP contribution in [0.1, 0.15) is 88.8 Å². The second-order valence-corrected chi connectivity index (χ2v) is 7.51. The molecule has 3 nitrogen and oxygen atoms in total. The maximum absolute atomic E-state index is 4.42. The maximum atomic E-state index is 4.42. The average molecular weight is 310 g/mol. The number of nitrogens with zero attached hydrogens (tertiary/aromatic N) is 2. The van der Waals surface area contributed by atoms with E-state index >= 15 is 0 Å². The Labute approximate surface area is 134 Å². The standard InChI is InChI=1S/C17H31N3S/c1-5-11-18-16(14-10-8-7-9-13(14)6-2)17-15(12(3)4)19-20-21-17/h12-14,16,18H,5-11H2,1-4H3. The van der Waals surface area contributed by atoms with Gasteiger partial charge in [0.2, 0.25) is 0 Å². The molecule has 21 heavy (non-hydrogen) atoms. The molecule has 0 saturated heterocycles. The Balaban J connectivity index is 2.26. The average Bonchev–Trinajstić information content (AvgIpc) is 2.98. The Hall–Kier alpha value is -0.480. The van der Waals surface area contributed by atoms with Crippen molar-refractivity contribution in [3.05, 3.63) is 10.6 Å². The van der Waals surface area contributed by atoms with E-state index in [1.54, 1.807) is 11.5 Å². The molecule has 1 heterocycles. The summed E-state index contributed by atoms with van der Waals surface area (Å²) < 4.78 is 4.27. The van der Waals surface area contributed by atoms with E-state index in [2.05, 4.69) is 42.6 Å². The smallest absolute Gasteiger partial charge is 0.0829 e. The number of hydrogen-bond donors (Lipinski definition) is 1. The van der Waals surface area contributed by atoms with E-state index in [0.717, 1.165) is 18.4 Å². The molecule has 0 aliphatic heterocycles. The summed E-state index contributed by atoms with van der Waals surface area (Å²) in [6.45, 7) is 10.2. The van der Waals surface area contributed by atoms with Crippen molar-refractivity contribution < 1.29 is 0 Å². The molecule has 0 aromatic carbocycles. The highest BCUT2D eigenvalue weighted by molar-refractivity contribution is 7.05. The van der Waals surface area contributed by atoms with Crippen molar-refractivity contribution in [2.75, 3.05) is 6.54 Å². The second kappa shape index (κ2) is 8.23. The molecule has 120 valence electrons. The molecule has 1 aliphatic rings. The summed E-state index contributed by atoms with van der Waals surface area (Å²) in [6, 6.07) is 0.465. The minimum absolute atomic E-state index is 0.465. The van der Waals surface area contributed by atoms with Crippen LogP contribution in [0.3, 0.4) is 0 Å². The Bertz CT molecular complexity index is 416. The lowest BCUT2D eigenvalue weighted by molar-refractivity contribution is 0.176. The zero-order valence-electron chi connectivity index (χ0n) is 14.1. The van der Waals surface area contributed by atoms with Gasteiger partial charge in [-0.1, -0.05) is 57.9 Å². The van der Waals surface area contributed by atoms with Crippen LogP contribution in [-0.2, 0) is 0 Å². The molecule has 1 aromatic heterocycles. The predicted molar refractivity (Wildman–Crippen MR) is 90.8 cm³/mol. The Kier molecular flexibility index (Phi) is 6.62. The van der Waals surface area contributed by atoms with E-state index < -0.39 is 0 Å². The summed E-state index contributed by atoms with van der Waals surface area (Å²) >= 11 is 1.62. The van der Waals surface area contributed by atoms with Crippen LogP contribution in [0.25, 0.3) is 0 Å². The molecule has 1 saturated carbocycles. The van der Waals surface area contributed by atoms with Gasteiger partial charge in [-0.05, 0) is 48.7 Å². The molecular weight excluding hydrogens is 278 g/mol. The Morgan fingerprint density at radius 3 is 2.67 bits per heavy atom. The van der Waals surface area contributed by atoms with Gasteiger partial charge in [0.15, 0.2) is 0 Å². The summed E-state index contributed by atoms with van der Waals surface area (Å²) in [6.07, 6.45) is 8.04. The molecule has 1 aromatic rings. The van der Waals surface area contributed by atoms with Crippen molar-refractivity contribution in [2.24, 2.45) is 11.8 Å². The van der Waals surface area contributed by atoms with Crippen molar-refractivity contribution in [1.82, 2.24) is 14.9 Å². The third-order valence-electron chi connectivity index (χ3n) is 4.90. The second-order valence-electron chi connectivity index (χ2n) is 6.73. The molecular formula is C17H31N3S. The van der Waals surface area contributed by atoms with Gasteiger partial charge in [-0.25, -0.2) is 0 Å². The first kappa shape index (κ1) is 16.9. The van der Waals surface area contributed by atoms with Crippen molar-refractivity contribution in [3.8, 4) is 0 Å². The lowest BCUT2D eigenvalue weighted by Gasteiger charge is -2.37. The van der Waals surface area contributed by atoms with Crippen LogP contribution < -0.4 is 5.32 Å². The molecule has 4 heteroatoms. The SMILES string of the molecule is CCCNC(c1snnc1C(C)C)C1CCCCC1CC. The van der Waals surface area contributed by atoms with Gasteiger partial charge in [-0.15, -0.1) is 5.10 Å². The normalized spacial score (nSPS) is 24.4. The maximum Gasteiger partial charge on any atom is 0.0829 e. The van der Waals surface area contributed by atoms with Gasteiger partial charge in [-0.3, -0.25) is 0 Å². The fraction of sp³-hybridized carbons (Fsp3) is 0.882. The molecule has 0 radical (unpaired) electrons. The molecule has 1 N–H and O–H groups in total. The van der Waals surface area contributed by atoms with Gasteiger partial charge in [0.1, 0.15) is 0 Å².